The van der Waals surface area contributed by atoms with Gasteiger partial charge < -0.3 is 14.2 Å². The van der Waals surface area contributed by atoms with E-state index in [1.165, 1.54) is 205 Å². The van der Waals surface area contributed by atoms with E-state index in [0.717, 1.165) is 89.9 Å². The van der Waals surface area contributed by atoms with Crippen molar-refractivity contribution in [3.8, 4) is 0 Å². The number of carbonyl (C=O) groups is 3. The third-order valence-electron chi connectivity index (χ3n) is 14.4. The SMILES string of the molecule is CC/C=C\C/C=C\C/C=C\C/C=C\CCCCCCCCCCCCC(=O)OCC(COC(=O)CCCCCCCCCCCCCCCCCC)OC(=O)CCCCCCCCCCC/C=C\C/C=C\CCCCC. The van der Waals surface area contributed by atoms with Gasteiger partial charge in [0.25, 0.3) is 0 Å². The first kappa shape index (κ1) is 72.8. The van der Waals surface area contributed by atoms with E-state index in [-0.39, 0.29) is 31.1 Å². The lowest BCUT2D eigenvalue weighted by Crippen LogP contribution is -2.30. The summed E-state index contributed by atoms with van der Waals surface area (Å²) in [6, 6.07) is 0. The fourth-order valence-electron chi connectivity index (χ4n) is 9.53. The van der Waals surface area contributed by atoms with Crippen LogP contribution in [0.3, 0.4) is 0 Å². The molecule has 0 fully saturated rings. The molecule has 0 saturated carbocycles. The Morgan fingerprint density at radius 2 is 0.513 bits per heavy atom. The standard InChI is InChI=1S/C70H124O6/c1-4-7-10-13-16-19-22-25-28-31-33-34-35-36-38-39-42-45-48-51-54-57-60-63-69(72)75-66-67(65-74-68(71)62-59-56-53-50-47-44-41-30-27-24-21-18-15-12-9-6-3)76-70(73)64-61-58-55-52-49-46-43-40-37-32-29-26-23-20-17-14-11-8-5-2/h7,10,16-17,19-20,25-26,28-29,33-34,67H,4-6,8-9,11-15,18,21-24,27,30-32,35-66H2,1-3H3/b10-7-,19-16-,20-17-,28-25-,29-26-,34-33-. The molecular formula is C70H124O6. The maximum Gasteiger partial charge on any atom is 0.306 e. The first-order chi connectivity index (χ1) is 37.5. The van der Waals surface area contributed by atoms with Gasteiger partial charge in [0.05, 0.1) is 0 Å². The van der Waals surface area contributed by atoms with Gasteiger partial charge >= 0.3 is 17.9 Å². The van der Waals surface area contributed by atoms with Gasteiger partial charge in [-0.1, -0.05) is 299 Å². The highest BCUT2D eigenvalue weighted by molar-refractivity contribution is 5.71. The second kappa shape index (κ2) is 64.4. The van der Waals surface area contributed by atoms with Crippen LogP contribution in [0.2, 0.25) is 0 Å². The number of unbranched alkanes of at least 4 members (excludes halogenated alkanes) is 37. The predicted octanol–water partition coefficient (Wildman–Crippen LogP) is 22.5. The topological polar surface area (TPSA) is 78.9 Å². The molecule has 0 bridgehead atoms. The molecule has 0 aromatic rings. The Hall–Kier alpha value is -3.15. The molecule has 76 heavy (non-hydrogen) atoms. The van der Waals surface area contributed by atoms with Gasteiger partial charge in [0.1, 0.15) is 13.2 Å². The summed E-state index contributed by atoms with van der Waals surface area (Å²) in [5, 5.41) is 0. The normalized spacial score (nSPS) is 12.5. The number of hydrogen-bond donors (Lipinski definition) is 0. The lowest BCUT2D eigenvalue weighted by molar-refractivity contribution is -0.167. The van der Waals surface area contributed by atoms with Gasteiger partial charge in [-0.2, -0.15) is 0 Å². The zero-order valence-electron chi connectivity index (χ0n) is 50.5. The quantitative estimate of drug-likeness (QED) is 0.0261. The third kappa shape index (κ3) is 61.7. The van der Waals surface area contributed by atoms with Crippen molar-refractivity contribution in [3.05, 3.63) is 72.9 Å². The van der Waals surface area contributed by atoms with E-state index in [2.05, 4.69) is 93.7 Å². The lowest BCUT2D eigenvalue weighted by Gasteiger charge is -2.18. The Morgan fingerprint density at radius 3 is 0.829 bits per heavy atom. The fraction of sp³-hybridized carbons (Fsp3) is 0.786. The van der Waals surface area contributed by atoms with Crippen LogP contribution < -0.4 is 0 Å². The second-order valence-corrected chi connectivity index (χ2v) is 22.0. The maximum atomic E-state index is 12.9. The van der Waals surface area contributed by atoms with E-state index in [9.17, 15) is 14.4 Å². The molecular weight excluding hydrogens is 937 g/mol. The summed E-state index contributed by atoms with van der Waals surface area (Å²) in [6.07, 6.45) is 83.3. The van der Waals surface area contributed by atoms with Crippen LogP contribution in [0.4, 0.5) is 0 Å². The van der Waals surface area contributed by atoms with Crippen molar-refractivity contribution in [3.63, 3.8) is 0 Å². The molecule has 0 N–H and O–H groups in total. The first-order valence-electron chi connectivity index (χ1n) is 32.9. The summed E-state index contributed by atoms with van der Waals surface area (Å²) in [6.45, 7) is 6.55. The first-order valence-corrected chi connectivity index (χ1v) is 32.9. The van der Waals surface area contributed by atoms with Crippen molar-refractivity contribution >= 4 is 17.9 Å². The van der Waals surface area contributed by atoms with Gasteiger partial charge in [0.15, 0.2) is 6.10 Å². The summed E-state index contributed by atoms with van der Waals surface area (Å²) in [7, 11) is 0. The van der Waals surface area contributed by atoms with Crippen molar-refractivity contribution < 1.29 is 28.6 Å². The molecule has 0 amide bonds. The van der Waals surface area contributed by atoms with Crippen LogP contribution in [0, 0.1) is 0 Å². The highest BCUT2D eigenvalue weighted by Gasteiger charge is 2.19. The van der Waals surface area contributed by atoms with Gasteiger partial charge in [0, 0.05) is 19.3 Å². The van der Waals surface area contributed by atoms with Crippen LogP contribution in [0.15, 0.2) is 72.9 Å². The maximum absolute atomic E-state index is 12.9. The van der Waals surface area contributed by atoms with Gasteiger partial charge in [-0.15, -0.1) is 0 Å². The van der Waals surface area contributed by atoms with Gasteiger partial charge in [-0.3, -0.25) is 14.4 Å². The summed E-state index contributed by atoms with van der Waals surface area (Å²) in [5.74, 6) is -0.864. The smallest absolute Gasteiger partial charge is 0.306 e. The van der Waals surface area contributed by atoms with Crippen LogP contribution >= 0.6 is 0 Å². The molecule has 0 spiro atoms. The molecule has 0 rings (SSSR count). The second-order valence-electron chi connectivity index (χ2n) is 22.0. The molecule has 440 valence electrons. The van der Waals surface area contributed by atoms with Gasteiger partial charge in [-0.25, -0.2) is 0 Å². The Balaban J connectivity index is 4.35. The summed E-state index contributed by atoms with van der Waals surface area (Å²) in [5.41, 5.74) is 0. The van der Waals surface area contributed by atoms with E-state index in [4.69, 9.17) is 14.2 Å². The molecule has 6 heteroatoms. The Bertz CT molecular complexity index is 1400. The van der Waals surface area contributed by atoms with Crippen LogP contribution in [0.25, 0.3) is 0 Å². The molecule has 0 aromatic carbocycles. The monoisotopic (exact) mass is 1060 g/mol. The van der Waals surface area contributed by atoms with Crippen molar-refractivity contribution in [1.29, 1.82) is 0 Å². The van der Waals surface area contributed by atoms with E-state index in [1.54, 1.807) is 0 Å². The van der Waals surface area contributed by atoms with E-state index >= 15 is 0 Å². The number of hydrogen-bond acceptors (Lipinski definition) is 6. The Labute approximate surface area is 472 Å². The average Bonchev–Trinajstić information content (AvgIpc) is 3.42. The molecule has 6 nitrogen and oxygen atoms in total. The zero-order valence-corrected chi connectivity index (χ0v) is 50.5. The van der Waals surface area contributed by atoms with Crippen LogP contribution in [0.1, 0.15) is 335 Å². The minimum atomic E-state index is -0.779. The largest absolute Gasteiger partial charge is 0.462 e. The van der Waals surface area contributed by atoms with E-state index in [0.29, 0.717) is 19.3 Å². The van der Waals surface area contributed by atoms with Crippen molar-refractivity contribution in [2.75, 3.05) is 13.2 Å². The highest BCUT2D eigenvalue weighted by atomic mass is 16.6. The van der Waals surface area contributed by atoms with Crippen LogP contribution in [-0.4, -0.2) is 37.2 Å². The Kier molecular flexibility index (Phi) is 61.7. The molecule has 0 saturated heterocycles. The van der Waals surface area contributed by atoms with Crippen molar-refractivity contribution in [1.82, 2.24) is 0 Å². The van der Waals surface area contributed by atoms with Gasteiger partial charge in [-0.05, 0) is 89.9 Å². The van der Waals surface area contributed by atoms with Crippen LogP contribution in [0.5, 0.6) is 0 Å². The minimum absolute atomic E-state index is 0.0746. The summed E-state index contributed by atoms with van der Waals surface area (Å²) < 4.78 is 17.0. The number of esters is 3. The van der Waals surface area contributed by atoms with E-state index in [1.807, 2.05) is 0 Å². The number of ether oxygens (including phenoxy) is 3. The highest BCUT2D eigenvalue weighted by Crippen LogP contribution is 2.17. The molecule has 0 aromatic heterocycles. The number of carbonyl (C=O) groups excluding carboxylic acids is 3. The molecule has 1 unspecified atom stereocenters. The lowest BCUT2D eigenvalue weighted by atomic mass is 10.0. The average molecular weight is 1060 g/mol. The molecule has 0 aliphatic carbocycles. The number of allylic oxidation sites excluding steroid dienone is 12. The van der Waals surface area contributed by atoms with Gasteiger partial charge in [0.2, 0.25) is 0 Å². The van der Waals surface area contributed by atoms with Crippen molar-refractivity contribution in [2.24, 2.45) is 0 Å². The van der Waals surface area contributed by atoms with E-state index < -0.39 is 6.10 Å². The predicted molar refractivity (Wildman–Crippen MR) is 330 cm³/mol. The zero-order chi connectivity index (χ0) is 55.0. The minimum Gasteiger partial charge on any atom is -0.462 e. The van der Waals surface area contributed by atoms with Crippen LogP contribution in [-0.2, 0) is 28.6 Å². The number of rotatable bonds is 60. The van der Waals surface area contributed by atoms with Crippen molar-refractivity contribution in [2.45, 2.75) is 341 Å². The molecule has 0 radical (unpaired) electrons. The molecule has 1 atom stereocenters. The molecule has 0 aliphatic heterocycles. The molecule has 0 aliphatic rings. The summed E-state index contributed by atoms with van der Waals surface area (Å²) in [4.78, 5) is 38.4. The third-order valence-corrected chi connectivity index (χ3v) is 14.4. The summed E-state index contributed by atoms with van der Waals surface area (Å²) >= 11 is 0. The Morgan fingerprint density at radius 1 is 0.276 bits per heavy atom. The fourth-order valence-corrected chi connectivity index (χ4v) is 9.53. The molecule has 0 heterocycles.